The van der Waals surface area contributed by atoms with Crippen molar-refractivity contribution < 1.29 is 0 Å². The van der Waals surface area contributed by atoms with Crippen molar-refractivity contribution in [3.8, 4) is 0 Å². The molecular formula is C12H22N4. The summed E-state index contributed by atoms with van der Waals surface area (Å²) in [5.74, 6) is 3.07. The molecule has 3 N–H and O–H groups in total. The van der Waals surface area contributed by atoms with E-state index in [1.807, 2.05) is 6.07 Å². The van der Waals surface area contributed by atoms with E-state index in [2.05, 4.69) is 43.0 Å². The van der Waals surface area contributed by atoms with Crippen molar-refractivity contribution in [1.29, 1.82) is 0 Å². The van der Waals surface area contributed by atoms with Crippen molar-refractivity contribution in [2.45, 2.75) is 27.7 Å². The van der Waals surface area contributed by atoms with E-state index in [4.69, 9.17) is 5.73 Å². The highest BCUT2D eigenvalue weighted by Gasteiger charge is 2.17. The lowest BCUT2D eigenvalue weighted by Crippen LogP contribution is -2.24. The van der Waals surface area contributed by atoms with Crippen LogP contribution in [0.2, 0.25) is 0 Å². The first-order valence-electron chi connectivity index (χ1n) is 5.83. The molecule has 0 fully saturated rings. The van der Waals surface area contributed by atoms with Gasteiger partial charge in [-0.2, -0.15) is 4.98 Å². The Morgan fingerprint density at radius 1 is 1.25 bits per heavy atom. The summed E-state index contributed by atoms with van der Waals surface area (Å²) >= 11 is 0. The van der Waals surface area contributed by atoms with Gasteiger partial charge < -0.3 is 11.1 Å². The highest BCUT2D eigenvalue weighted by Crippen LogP contribution is 2.20. The molecule has 4 heteroatoms. The lowest BCUT2D eigenvalue weighted by atomic mass is 9.85. The molecule has 0 atom stereocenters. The molecule has 16 heavy (non-hydrogen) atoms. The molecule has 0 aliphatic carbocycles. The zero-order valence-electron chi connectivity index (χ0n) is 10.6. The van der Waals surface area contributed by atoms with Gasteiger partial charge in [-0.15, -0.1) is 0 Å². The van der Waals surface area contributed by atoms with Gasteiger partial charge in [0.1, 0.15) is 5.82 Å². The SMILES string of the molecule is CC(C)C(CNc1ccnc(N)n1)C(C)C. The quantitative estimate of drug-likeness (QED) is 0.803. The van der Waals surface area contributed by atoms with Crippen LogP contribution >= 0.6 is 0 Å². The maximum absolute atomic E-state index is 5.52. The van der Waals surface area contributed by atoms with E-state index >= 15 is 0 Å². The number of nitrogen functional groups attached to an aromatic ring is 1. The van der Waals surface area contributed by atoms with E-state index in [1.165, 1.54) is 0 Å². The third-order valence-corrected chi connectivity index (χ3v) is 2.91. The highest BCUT2D eigenvalue weighted by molar-refractivity contribution is 5.37. The molecule has 1 heterocycles. The second-order valence-corrected chi connectivity index (χ2v) is 4.83. The van der Waals surface area contributed by atoms with Crippen molar-refractivity contribution in [3.05, 3.63) is 12.3 Å². The molecule has 0 saturated carbocycles. The highest BCUT2D eigenvalue weighted by atomic mass is 15.1. The number of aromatic nitrogens is 2. The van der Waals surface area contributed by atoms with Gasteiger partial charge in [-0.25, -0.2) is 4.98 Å². The van der Waals surface area contributed by atoms with E-state index in [9.17, 15) is 0 Å². The van der Waals surface area contributed by atoms with Gasteiger partial charge in [0.15, 0.2) is 0 Å². The predicted molar refractivity (Wildman–Crippen MR) is 68.1 cm³/mol. The minimum absolute atomic E-state index is 0.315. The van der Waals surface area contributed by atoms with Crippen LogP contribution in [0.3, 0.4) is 0 Å². The van der Waals surface area contributed by atoms with Gasteiger partial charge in [0.2, 0.25) is 5.95 Å². The van der Waals surface area contributed by atoms with Crippen LogP contribution in [-0.4, -0.2) is 16.5 Å². The lowest BCUT2D eigenvalue weighted by molar-refractivity contribution is 0.304. The average Bonchev–Trinajstić information content (AvgIpc) is 2.16. The summed E-state index contributed by atoms with van der Waals surface area (Å²) in [4.78, 5) is 7.98. The van der Waals surface area contributed by atoms with E-state index in [1.54, 1.807) is 6.20 Å². The molecule has 0 spiro atoms. The minimum atomic E-state index is 0.315. The second-order valence-electron chi connectivity index (χ2n) is 4.83. The van der Waals surface area contributed by atoms with E-state index in [-0.39, 0.29) is 0 Å². The Hall–Kier alpha value is -1.32. The monoisotopic (exact) mass is 222 g/mol. The van der Waals surface area contributed by atoms with Crippen molar-refractivity contribution in [2.24, 2.45) is 17.8 Å². The lowest BCUT2D eigenvalue weighted by Gasteiger charge is -2.25. The number of nitrogens with two attached hydrogens (primary N) is 1. The summed E-state index contributed by atoms with van der Waals surface area (Å²) in [6.07, 6.45) is 1.67. The fraction of sp³-hybridized carbons (Fsp3) is 0.667. The van der Waals surface area contributed by atoms with Gasteiger partial charge in [0.05, 0.1) is 0 Å². The number of hydrogen-bond donors (Lipinski definition) is 2. The summed E-state index contributed by atoms with van der Waals surface area (Å²) in [7, 11) is 0. The van der Waals surface area contributed by atoms with E-state index in [0.717, 1.165) is 12.4 Å². The first kappa shape index (κ1) is 12.7. The maximum Gasteiger partial charge on any atom is 0.221 e. The summed E-state index contributed by atoms with van der Waals surface area (Å²) < 4.78 is 0. The van der Waals surface area contributed by atoms with Crippen molar-refractivity contribution in [1.82, 2.24) is 9.97 Å². The molecule has 0 aromatic carbocycles. The van der Waals surface area contributed by atoms with Crippen LogP contribution in [0.5, 0.6) is 0 Å². The first-order valence-corrected chi connectivity index (χ1v) is 5.83. The van der Waals surface area contributed by atoms with Crippen LogP contribution in [0.4, 0.5) is 11.8 Å². The molecule has 1 rings (SSSR count). The van der Waals surface area contributed by atoms with Gasteiger partial charge in [-0.3, -0.25) is 0 Å². The molecule has 0 radical (unpaired) electrons. The predicted octanol–water partition coefficient (Wildman–Crippen LogP) is 2.40. The molecule has 90 valence electrons. The van der Waals surface area contributed by atoms with Gasteiger partial charge >= 0.3 is 0 Å². The van der Waals surface area contributed by atoms with Gasteiger partial charge in [0, 0.05) is 12.7 Å². The van der Waals surface area contributed by atoms with Gasteiger partial charge in [-0.1, -0.05) is 27.7 Å². The fourth-order valence-corrected chi connectivity index (χ4v) is 1.94. The van der Waals surface area contributed by atoms with Crippen LogP contribution in [-0.2, 0) is 0 Å². The van der Waals surface area contributed by atoms with Gasteiger partial charge in [0.25, 0.3) is 0 Å². The molecular weight excluding hydrogens is 200 g/mol. The Kier molecular flexibility index (Phi) is 4.52. The number of anilines is 2. The van der Waals surface area contributed by atoms with Crippen molar-refractivity contribution in [2.75, 3.05) is 17.6 Å². The Morgan fingerprint density at radius 3 is 2.38 bits per heavy atom. The van der Waals surface area contributed by atoms with Crippen molar-refractivity contribution >= 4 is 11.8 Å². The largest absolute Gasteiger partial charge is 0.370 e. The molecule has 0 saturated heterocycles. The summed E-state index contributed by atoms with van der Waals surface area (Å²) in [6.45, 7) is 9.93. The maximum atomic E-state index is 5.52. The third-order valence-electron chi connectivity index (χ3n) is 2.91. The molecule has 0 aliphatic rings. The molecule has 1 aromatic rings. The number of rotatable bonds is 5. The number of hydrogen-bond acceptors (Lipinski definition) is 4. The summed E-state index contributed by atoms with van der Waals surface area (Å²) in [6, 6.07) is 1.84. The van der Waals surface area contributed by atoms with Crippen LogP contribution in [0, 0.1) is 17.8 Å². The third kappa shape index (κ3) is 3.68. The van der Waals surface area contributed by atoms with Gasteiger partial charge in [-0.05, 0) is 23.8 Å². The zero-order valence-corrected chi connectivity index (χ0v) is 10.6. The Morgan fingerprint density at radius 2 is 1.88 bits per heavy atom. The first-order chi connectivity index (χ1) is 7.50. The Bertz CT molecular complexity index is 315. The second kappa shape index (κ2) is 5.68. The average molecular weight is 222 g/mol. The molecule has 1 aromatic heterocycles. The molecule has 0 aliphatic heterocycles. The van der Waals surface area contributed by atoms with E-state index < -0.39 is 0 Å². The van der Waals surface area contributed by atoms with Crippen LogP contribution < -0.4 is 11.1 Å². The van der Waals surface area contributed by atoms with Crippen LogP contribution in [0.25, 0.3) is 0 Å². The number of nitrogens with one attached hydrogen (secondary N) is 1. The normalized spacial score (nSPS) is 11.4. The smallest absolute Gasteiger partial charge is 0.221 e. The Labute approximate surface area is 97.7 Å². The standard InChI is InChI=1S/C12H22N4/c1-8(2)10(9(3)4)7-15-11-5-6-14-12(13)16-11/h5-6,8-10H,7H2,1-4H3,(H3,13,14,15,16). The summed E-state index contributed by atoms with van der Waals surface area (Å²) in [5, 5.41) is 3.32. The fourth-order valence-electron chi connectivity index (χ4n) is 1.94. The topological polar surface area (TPSA) is 63.8 Å². The molecule has 4 nitrogen and oxygen atoms in total. The zero-order chi connectivity index (χ0) is 12.1. The molecule has 0 bridgehead atoms. The van der Waals surface area contributed by atoms with Crippen LogP contribution in [0.1, 0.15) is 27.7 Å². The Balaban J connectivity index is 2.55. The van der Waals surface area contributed by atoms with Crippen molar-refractivity contribution in [3.63, 3.8) is 0 Å². The molecule has 0 amide bonds. The minimum Gasteiger partial charge on any atom is -0.370 e. The van der Waals surface area contributed by atoms with Crippen LogP contribution in [0.15, 0.2) is 12.3 Å². The number of nitrogens with zero attached hydrogens (tertiary/aromatic N) is 2. The van der Waals surface area contributed by atoms with E-state index in [0.29, 0.717) is 23.7 Å². The summed E-state index contributed by atoms with van der Waals surface area (Å²) in [5.41, 5.74) is 5.52. The molecule has 0 unspecified atom stereocenters.